The first-order valence-electron chi connectivity index (χ1n) is 10.5. The second-order valence-corrected chi connectivity index (χ2v) is 8.27. The lowest BCUT2D eigenvalue weighted by molar-refractivity contribution is 0.102. The van der Waals surface area contributed by atoms with Crippen molar-refractivity contribution < 1.29 is 18.4 Å². The van der Waals surface area contributed by atoms with Crippen molar-refractivity contribution in [1.29, 1.82) is 0 Å². The quantitative estimate of drug-likeness (QED) is 0.207. The number of carbonyl (C=O) groups excluding carboxylic acids is 2. The third kappa shape index (κ3) is 5.90. The molecule has 1 aliphatic rings. The van der Waals surface area contributed by atoms with Crippen LogP contribution in [0, 0.1) is 11.6 Å². The molecular formula is C25H25F2N3O2S. The zero-order chi connectivity index (χ0) is 23.8. The predicted molar refractivity (Wildman–Crippen MR) is 130 cm³/mol. The van der Waals surface area contributed by atoms with Gasteiger partial charge in [-0.3, -0.25) is 9.59 Å². The summed E-state index contributed by atoms with van der Waals surface area (Å²) in [6, 6.07) is 9.35. The number of halogens is 2. The summed E-state index contributed by atoms with van der Waals surface area (Å²) < 4.78 is 32.6. The summed E-state index contributed by atoms with van der Waals surface area (Å²) in [4.78, 5) is 24.2. The molecule has 3 N–H and O–H groups in total. The Morgan fingerprint density at radius 2 is 1.85 bits per heavy atom. The minimum Gasteiger partial charge on any atom is -0.373 e. The second-order valence-electron chi connectivity index (χ2n) is 7.37. The predicted octanol–water partition coefficient (Wildman–Crippen LogP) is 5.45. The van der Waals surface area contributed by atoms with Crippen LogP contribution in [0.2, 0.25) is 0 Å². The maximum Gasteiger partial charge on any atom is 0.200 e. The van der Waals surface area contributed by atoms with Gasteiger partial charge in [-0.25, -0.2) is 8.78 Å². The number of aldehydes is 1. The zero-order valence-electron chi connectivity index (χ0n) is 18.4. The molecule has 0 saturated heterocycles. The number of Topliss-reactive ketones (excluding diaryl/α,β-unsaturated/α-hetero) is 1. The minimum atomic E-state index is -0.921. The molecule has 2 aromatic rings. The lowest BCUT2D eigenvalue weighted by Gasteiger charge is -2.13. The van der Waals surface area contributed by atoms with Crippen molar-refractivity contribution in [3.05, 3.63) is 94.3 Å². The molecule has 0 radical (unpaired) electrons. The van der Waals surface area contributed by atoms with Gasteiger partial charge in [-0.1, -0.05) is 43.1 Å². The Bertz CT molecular complexity index is 1130. The molecule has 33 heavy (non-hydrogen) atoms. The summed E-state index contributed by atoms with van der Waals surface area (Å²) in [6.07, 6.45) is 6.63. The fraction of sp³-hybridized carbons (Fsp3) is 0.200. The van der Waals surface area contributed by atoms with Crippen LogP contribution >= 0.6 is 11.9 Å². The highest BCUT2D eigenvalue weighted by molar-refractivity contribution is 8.00. The van der Waals surface area contributed by atoms with Crippen LogP contribution in [0.4, 0.5) is 14.5 Å². The summed E-state index contributed by atoms with van der Waals surface area (Å²) in [5, 5.41) is 6.03. The van der Waals surface area contributed by atoms with Crippen LogP contribution in [0.3, 0.4) is 0 Å². The van der Waals surface area contributed by atoms with Gasteiger partial charge in [0.1, 0.15) is 12.1 Å². The maximum absolute atomic E-state index is 15.1. The fourth-order valence-electron chi connectivity index (χ4n) is 3.21. The molecule has 0 aliphatic carbocycles. The molecule has 0 spiro atoms. The van der Waals surface area contributed by atoms with E-state index in [1.807, 2.05) is 6.92 Å². The minimum absolute atomic E-state index is 0.0639. The number of allylic oxidation sites excluding steroid dienone is 4. The van der Waals surface area contributed by atoms with Gasteiger partial charge in [0.25, 0.3) is 0 Å². The highest BCUT2D eigenvalue weighted by atomic mass is 32.2. The standard InChI is InChI=1S/C25H25F2N3O2S/c1-3-10-33-30-22-9-8-21(26)23(24(22)27)25(32)20-13-29-15-28-12-19(11-16(20)2)18-6-4-17(14-31)5-7-18/h4-9,11-14,28-30H,3,10,15H2,1-2H3/b16-11+,19-12+,20-13+. The first-order valence-corrected chi connectivity index (χ1v) is 11.5. The molecule has 5 nitrogen and oxygen atoms in total. The average Bonchev–Trinajstić information content (AvgIpc) is 2.91. The van der Waals surface area contributed by atoms with E-state index in [0.29, 0.717) is 17.8 Å². The number of hydrogen-bond donors (Lipinski definition) is 3. The number of ketones is 1. The summed E-state index contributed by atoms with van der Waals surface area (Å²) in [5.74, 6) is -1.86. The summed E-state index contributed by atoms with van der Waals surface area (Å²) in [5.41, 5.74) is 2.24. The fourth-order valence-corrected chi connectivity index (χ4v) is 3.83. The highest BCUT2D eigenvalue weighted by Gasteiger charge is 2.25. The number of nitrogens with one attached hydrogen (secondary N) is 3. The first kappa shape index (κ1) is 24.3. The Hall–Kier alpha value is -3.39. The van der Waals surface area contributed by atoms with Gasteiger partial charge in [0.2, 0.25) is 5.78 Å². The summed E-state index contributed by atoms with van der Waals surface area (Å²) in [7, 11) is 0. The van der Waals surface area contributed by atoms with E-state index in [1.54, 1.807) is 43.5 Å². The van der Waals surface area contributed by atoms with E-state index in [9.17, 15) is 14.0 Å². The Morgan fingerprint density at radius 1 is 1.12 bits per heavy atom. The second kappa shape index (κ2) is 11.5. The van der Waals surface area contributed by atoms with Crippen molar-refractivity contribution in [1.82, 2.24) is 10.6 Å². The molecule has 172 valence electrons. The SMILES string of the molecule is CCCSNc1ccc(F)c(C(=O)C2=C\NCN\C=C(c3ccc(C=O)cc3)/C=C/2C)c1F. The molecular weight excluding hydrogens is 444 g/mol. The summed E-state index contributed by atoms with van der Waals surface area (Å²) in [6.45, 7) is 4.00. The van der Waals surface area contributed by atoms with Gasteiger partial charge in [0.15, 0.2) is 5.82 Å². The van der Waals surface area contributed by atoms with Crippen LogP contribution in [0.5, 0.6) is 0 Å². The van der Waals surface area contributed by atoms with E-state index < -0.39 is 23.0 Å². The molecule has 0 bridgehead atoms. The van der Waals surface area contributed by atoms with Gasteiger partial charge < -0.3 is 15.4 Å². The van der Waals surface area contributed by atoms with Crippen molar-refractivity contribution >= 4 is 35.3 Å². The topological polar surface area (TPSA) is 70.2 Å². The van der Waals surface area contributed by atoms with Crippen molar-refractivity contribution in [2.75, 3.05) is 17.1 Å². The Balaban J connectivity index is 1.97. The Labute approximate surface area is 196 Å². The number of benzene rings is 2. The molecule has 0 fully saturated rings. The van der Waals surface area contributed by atoms with Crippen molar-refractivity contribution in [3.63, 3.8) is 0 Å². The van der Waals surface area contributed by atoms with E-state index in [1.165, 1.54) is 24.2 Å². The first-order chi connectivity index (χ1) is 16.0. The summed E-state index contributed by atoms with van der Waals surface area (Å²) >= 11 is 1.29. The number of anilines is 1. The van der Waals surface area contributed by atoms with Crippen LogP contribution in [0.25, 0.3) is 5.57 Å². The Kier molecular flexibility index (Phi) is 8.43. The third-order valence-electron chi connectivity index (χ3n) is 4.94. The van der Waals surface area contributed by atoms with E-state index in [4.69, 9.17) is 0 Å². The maximum atomic E-state index is 15.1. The number of carbonyl (C=O) groups is 2. The zero-order valence-corrected chi connectivity index (χ0v) is 19.2. The van der Waals surface area contributed by atoms with Crippen LogP contribution < -0.4 is 15.4 Å². The highest BCUT2D eigenvalue weighted by Crippen LogP contribution is 2.29. The molecule has 0 amide bonds. The van der Waals surface area contributed by atoms with Crippen LogP contribution in [-0.4, -0.2) is 24.5 Å². The van der Waals surface area contributed by atoms with Crippen LogP contribution in [0.15, 0.2) is 66.0 Å². The lowest BCUT2D eigenvalue weighted by atomic mass is 9.94. The van der Waals surface area contributed by atoms with E-state index >= 15 is 4.39 Å². The van der Waals surface area contributed by atoms with Crippen molar-refractivity contribution in [2.24, 2.45) is 0 Å². The van der Waals surface area contributed by atoms with E-state index in [-0.39, 0.29) is 11.3 Å². The molecule has 0 saturated carbocycles. The molecule has 1 heterocycles. The van der Waals surface area contributed by atoms with Gasteiger partial charge in [-0.2, -0.15) is 0 Å². The van der Waals surface area contributed by atoms with Crippen LogP contribution in [0.1, 0.15) is 46.5 Å². The van der Waals surface area contributed by atoms with Gasteiger partial charge in [0.05, 0.1) is 17.9 Å². The monoisotopic (exact) mass is 469 g/mol. The molecule has 2 aromatic carbocycles. The molecule has 1 aliphatic heterocycles. The Morgan fingerprint density at radius 3 is 2.55 bits per heavy atom. The largest absolute Gasteiger partial charge is 0.373 e. The number of rotatable bonds is 8. The van der Waals surface area contributed by atoms with Crippen LogP contribution in [-0.2, 0) is 0 Å². The molecule has 0 atom stereocenters. The number of hydrogen-bond acceptors (Lipinski definition) is 6. The van der Waals surface area contributed by atoms with E-state index in [0.717, 1.165) is 35.7 Å². The van der Waals surface area contributed by atoms with Crippen molar-refractivity contribution in [2.45, 2.75) is 20.3 Å². The lowest BCUT2D eigenvalue weighted by Crippen LogP contribution is -2.22. The van der Waals surface area contributed by atoms with Gasteiger partial charge in [-0.15, -0.1) is 0 Å². The van der Waals surface area contributed by atoms with Gasteiger partial charge >= 0.3 is 0 Å². The average molecular weight is 470 g/mol. The smallest absolute Gasteiger partial charge is 0.200 e. The van der Waals surface area contributed by atoms with Gasteiger partial charge in [0, 0.05) is 29.3 Å². The normalized spacial score (nSPS) is 18.5. The molecule has 8 heteroatoms. The van der Waals surface area contributed by atoms with Crippen molar-refractivity contribution in [3.8, 4) is 0 Å². The third-order valence-corrected chi connectivity index (χ3v) is 5.91. The molecule has 0 aromatic heterocycles. The van der Waals surface area contributed by atoms with Gasteiger partial charge in [-0.05, 0) is 48.3 Å². The molecule has 3 rings (SSSR count). The van der Waals surface area contributed by atoms with E-state index in [2.05, 4.69) is 15.4 Å². The molecule has 0 unspecified atom stereocenters.